The van der Waals surface area contributed by atoms with Crippen molar-refractivity contribution in [2.75, 3.05) is 6.61 Å². The third-order valence-corrected chi connectivity index (χ3v) is 1.68. The molecular weight excluding hydrogens is 184 g/mol. The van der Waals surface area contributed by atoms with Crippen LogP contribution in [0.2, 0.25) is 0 Å². The molecule has 1 aromatic rings. The molecule has 0 bridgehead atoms. The minimum absolute atomic E-state index is 0.00361. The van der Waals surface area contributed by atoms with Gasteiger partial charge in [-0.2, -0.15) is 5.10 Å². The Balaban J connectivity index is 2.61. The summed E-state index contributed by atoms with van der Waals surface area (Å²) in [6.07, 6.45) is 3.09. The van der Waals surface area contributed by atoms with Crippen LogP contribution in [0.5, 0.6) is 0 Å². The highest BCUT2D eigenvalue weighted by Gasteiger charge is 2.10. The van der Waals surface area contributed by atoms with Gasteiger partial charge in [0.25, 0.3) is 5.56 Å². The molecule has 1 heterocycles. The number of rotatable bonds is 4. The Kier molecular flexibility index (Phi) is 3.84. The van der Waals surface area contributed by atoms with Crippen molar-refractivity contribution < 1.29 is 9.53 Å². The Hall–Kier alpha value is -1.65. The molecule has 0 unspecified atom stereocenters. The van der Waals surface area contributed by atoms with E-state index in [-0.39, 0.29) is 5.56 Å². The van der Waals surface area contributed by atoms with E-state index in [0.29, 0.717) is 6.61 Å². The predicted molar refractivity (Wildman–Crippen MR) is 50.0 cm³/mol. The van der Waals surface area contributed by atoms with Crippen LogP contribution < -0.4 is 5.56 Å². The number of hydrogen-bond donors (Lipinski definition) is 1. The van der Waals surface area contributed by atoms with Crippen LogP contribution in [0.1, 0.15) is 30.1 Å². The van der Waals surface area contributed by atoms with E-state index in [0.717, 1.165) is 12.8 Å². The zero-order chi connectivity index (χ0) is 10.4. The van der Waals surface area contributed by atoms with Crippen molar-refractivity contribution in [1.82, 2.24) is 10.2 Å². The molecule has 1 rings (SSSR count). The molecule has 76 valence electrons. The van der Waals surface area contributed by atoms with Gasteiger partial charge in [0, 0.05) is 6.20 Å². The number of H-pyrrole nitrogens is 1. The van der Waals surface area contributed by atoms with Crippen LogP contribution in [0.25, 0.3) is 0 Å². The van der Waals surface area contributed by atoms with Gasteiger partial charge in [-0.3, -0.25) is 4.79 Å². The van der Waals surface area contributed by atoms with Crippen molar-refractivity contribution >= 4 is 5.97 Å². The summed E-state index contributed by atoms with van der Waals surface area (Å²) in [5.74, 6) is -0.595. The lowest BCUT2D eigenvalue weighted by atomic mass is 10.3. The van der Waals surface area contributed by atoms with E-state index < -0.39 is 11.5 Å². The first kappa shape index (κ1) is 10.4. The zero-order valence-electron chi connectivity index (χ0n) is 7.95. The maximum absolute atomic E-state index is 11.3. The molecule has 14 heavy (non-hydrogen) atoms. The van der Waals surface area contributed by atoms with E-state index in [2.05, 4.69) is 10.2 Å². The standard InChI is InChI=1S/C9H12N2O3/c1-2-3-6-14-9(13)7-4-5-10-11-8(7)12/h4-5H,2-3,6H2,1H3,(H,11,12). The summed E-state index contributed by atoms with van der Waals surface area (Å²) in [7, 11) is 0. The van der Waals surface area contributed by atoms with Gasteiger partial charge in [-0.15, -0.1) is 0 Å². The summed E-state index contributed by atoms with van der Waals surface area (Å²) in [5, 5.41) is 5.64. The molecule has 0 radical (unpaired) electrons. The van der Waals surface area contributed by atoms with E-state index in [1.54, 1.807) is 0 Å². The predicted octanol–water partition coefficient (Wildman–Crippen LogP) is 0.727. The first-order valence-corrected chi connectivity index (χ1v) is 4.46. The summed E-state index contributed by atoms with van der Waals surface area (Å²) in [4.78, 5) is 22.3. The fraction of sp³-hybridized carbons (Fsp3) is 0.444. The molecule has 5 heteroatoms. The van der Waals surface area contributed by atoms with Gasteiger partial charge < -0.3 is 4.74 Å². The third-order valence-electron chi connectivity index (χ3n) is 1.68. The lowest BCUT2D eigenvalue weighted by Gasteiger charge is -2.01. The molecular formula is C9H12N2O3. The molecule has 0 spiro atoms. The van der Waals surface area contributed by atoms with E-state index in [1.165, 1.54) is 12.3 Å². The molecule has 5 nitrogen and oxygen atoms in total. The van der Waals surface area contributed by atoms with Crippen LogP contribution in [-0.4, -0.2) is 22.8 Å². The van der Waals surface area contributed by atoms with Crippen LogP contribution in [0.3, 0.4) is 0 Å². The van der Waals surface area contributed by atoms with Crippen molar-refractivity contribution in [2.24, 2.45) is 0 Å². The molecule has 1 N–H and O–H groups in total. The van der Waals surface area contributed by atoms with Crippen LogP contribution in [0.15, 0.2) is 17.1 Å². The highest BCUT2D eigenvalue weighted by molar-refractivity contribution is 5.88. The number of hydrogen-bond acceptors (Lipinski definition) is 4. The fourth-order valence-electron chi connectivity index (χ4n) is 0.891. The molecule has 0 amide bonds. The van der Waals surface area contributed by atoms with E-state index in [9.17, 15) is 9.59 Å². The first-order chi connectivity index (χ1) is 6.75. The van der Waals surface area contributed by atoms with Gasteiger partial charge in [0.15, 0.2) is 0 Å². The second-order valence-corrected chi connectivity index (χ2v) is 2.79. The smallest absolute Gasteiger partial charge is 0.343 e. The Bertz CT molecular complexity index is 359. The van der Waals surface area contributed by atoms with E-state index in [1.807, 2.05) is 6.92 Å². The van der Waals surface area contributed by atoms with Crippen molar-refractivity contribution in [2.45, 2.75) is 19.8 Å². The van der Waals surface area contributed by atoms with Gasteiger partial charge in [-0.05, 0) is 12.5 Å². The SMILES string of the molecule is CCCCOC(=O)c1ccn[nH]c1=O. The Morgan fingerprint density at radius 2 is 2.43 bits per heavy atom. The second kappa shape index (κ2) is 5.16. The van der Waals surface area contributed by atoms with Crippen molar-refractivity contribution in [3.05, 3.63) is 28.2 Å². The maximum Gasteiger partial charge on any atom is 0.343 e. The molecule has 0 atom stereocenters. The maximum atomic E-state index is 11.3. The first-order valence-electron chi connectivity index (χ1n) is 4.46. The molecule has 0 aliphatic carbocycles. The highest BCUT2D eigenvalue weighted by Crippen LogP contribution is 1.95. The van der Waals surface area contributed by atoms with Crippen molar-refractivity contribution in [3.8, 4) is 0 Å². The van der Waals surface area contributed by atoms with Crippen LogP contribution in [-0.2, 0) is 4.74 Å². The highest BCUT2D eigenvalue weighted by atomic mass is 16.5. The van der Waals surface area contributed by atoms with Gasteiger partial charge in [-0.1, -0.05) is 13.3 Å². The number of esters is 1. The summed E-state index contributed by atoms with van der Waals surface area (Å²) in [6.45, 7) is 2.34. The van der Waals surface area contributed by atoms with Gasteiger partial charge in [-0.25, -0.2) is 9.89 Å². The average molecular weight is 196 g/mol. The summed E-state index contributed by atoms with van der Waals surface area (Å²) in [6, 6.07) is 1.34. The summed E-state index contributed by atoms with van der Waals surface area (Å²) in [5.41, 5.74) is -0.523. The number of aromatic amines is 1. The van der Waals surface area contributed by atoms with Crippen LogP contribution in [0.4, 0.5) is 0 Å². The van der Waals surface area contributed by atoms with Crippen LogP contribution >= 0.6 is 0 Å². The number of carbonyl (C=O) groups is 1. The number of nitrogens with zero attached hydrogens (tertiary/aromatic N) is 1. The molecule has 1 aromatic heterocycles. The molecule has 0 aliphatic rings. The number of carbonyl (C=O) groups excluding carboxylic acids is 1. The van der Waals surface area contributed by atoms with Crippen molar-refractivity contribution in [3.63, 3.8) is 0 Å². The minimum atomic E-state index is -0.595. The summed E-state index contributed by atoms with van der Waals surface area (Å²) >= 11 is 0. The lowest BCUT2D eigenvalue weighted by Crippen LogP contribution is -2.20. The van der Waals surface area contributed by atoms with Gasteiger partial charge in [0.05, 0.1) is 6.61 Å². The Morgan fingerprint density at radius 1 is 1.64 bits per heavy atom. The topological polar surface area (TPSA) is 72.0 Å². The van der Waals surface area contributed by atoms with E-state index in [4.69, 9.17) is 4.74 Å². The Labute approximate surface area is 81.1 Å². The minimum Gasteiger partial charge on any atom is -0.462 e. The normalized spacial score (nSPS) is 9.79. The number of ether oxygens (including phenoxy) is 1. The van der Waals surface area contributed by atoms with Gasteiger partial charge in [0.2, 0.25) is 0 Å². The van der Waals surface area contributed by atoms with E-state index >= 15 is 0 Å². The second-order valence-electron chi connectivity index (χ2n) is 2.79. The number of aromatic nitrogens is 2. The Morgan fingerprint density at radius 3 is 3.07 bits per heavy atom. The largest absolute Gasteiger partial charge is 0.462 e. The van der Waals surface area contributed by atoms with Crippen LogP contribution in [0, 0.1) is 0 Å². The lowest BCUT2D eigenvalue weighted by molar-refractivity contribution is 0.0497. The van der Waals surface area contributed by atoms with Gasteiger partial charge in [0.1, 0.15) is 5.56 Å². The molecule has 0 fully saturated rings. The molecule has 0 aliphatic heterocycles. The molecule has 0 saturated heterocycles. The molecule has 0 aromatic carbocycles. The van der Waals surface area contributed by atoms with Crippen molar-refractivity contribution in [1.29, 1.82) is 0 Å². The van der Waals surface area contributed by atoms with Gasteiger partial charge >= 0.3 is 5.97 Å². The summed E-state index contributed by atoms with van der Waals surface area (Å²) < 4.78 is 4.86. The monoisotopic (exact) mass is 196 g/mol. The molecule has 0 saturated carbocycles. The fourth-order valence-corrected chi connectivity index (χ4v) is 0.891. The number of nitrogens with one attached hydrogen (secondary N) is 1. The average Bonchev–Trinajstić information content (AvgIpc) is 2.18. The quantitative estimate of drug-likeness (QED) is 0.569. The number of unbranched alkanes of at least 4 members (excludes halogenated alkanes) is 1. The zero-order valence-corrected chi connectivity index (χ0v) is 7.95. The third kappa shape index (κ3) is 2.69.